The van der Waals surface area contributed by atoms with Crippen LogP contribution in [0, 0.1) is 13.8 Å². The molecule has 0 atom stereocenters. The molecule has 0 bridgehead atoms. The molecule has 0 aliphatic carbocycles. The summed E-state index contributed by atoms with van der Waals surface area (Å²) in [5.41, 5.74) is 2.11. The second-order valence-corrected chi connectivity index (χ2v) is 5.84. The van der Waals surface area contributed by atoms with Crippen LogP contribution in [0.5, 0.6) is 0 Å². The Hall–Kier alpha value is -0.480. The average molecular weight is 230 g/mol. The lowest BCUT2D eigenvalue weighted by Gasteiger charge is -2.05. The Morgan fingerprint density at radius 3 is 2.36 bits per heavy atom. The largest absolute Gasteiger partial charge is 0.224 e. The number of hydrogen-bond acceptors (Lipinski definition) is 3. The third-order valence-electron chi connectivity index (χ3n) is 2.20. The Morgan fingerprint density at radius 2 is 1.86 bits per heavy atom. The highest BCUT2D eigenvalue weighted by Crippen LogP contribution is 2.16. The molecule has 0 unspecified atom stereocenters. The molecule has 0 saturated heterocycles. The summed E-state index contributed by atoms with van der Waals surface area (Å²) in [6.07, 6.45) is 0. The van der Waals surface area contributed by atoms with Crippen molar-refractivity contribution in [1.82, 2.24) is 0 Å². The summed E-state index contributed by atoms with van der Waals surface area (Å²) in [6, 6.07) is 5.20. The molecule has 0 amide bonds. The fourth-order valence-electron chi connectivity index (χ4n) is 1.15. The normalized spacial score (nSPS) is 11.6. The number of hydrogen-bond donors (Lipinski definition) is 1. The van der Waals surface area contributed by atoms with Gasteiger partial charge >= 0.3 is 0 Å². The molecule has 0 saturated carbocycles. The first-order valence-corrected chi connectivity index (χ1v) is 6.67. The van der Waals surface area contributed by atoms with Gasteiger partial charge in [-0.2, -0.15) is 12.6 Å². The van der Waals surface area contributed by atoms with E-state index in [-0.39, 0.29) is 5.75 Å². The van der Waals surface area contributed by atoms with Crippen molar-refractivity contribution in [2.45, 2.75) is 18.7 Å². The molecule has 0 radical (unpaired) electrons. The molecule has 1 aromatic carbocycles. The second kappa shape index (κ2) is 4.36. The molecule has 0 fully saturated rings. The van der Waals surface area contributed by atoms with E-state index in [0.29, 0.717) is 10.6 Å². The smallest absolute Gasteiger partial charge is 0.179 e. The lowest BCUT2D eigenvalue weighted by Crippen LogP contribution is -2.08. The van der Waals surface area contributed by atoms with E-state index in [1.807, 2.05) is 19.9 Å². The summed E-state index contributed by atoms with van der Waals surface area (Å²) in [5.74, 6) is 0.452. The van der Waals surface area contributed by atoms with Crippen LogP contribution in [-0.2, 0) is 9.84 Å². The molecule has 0 aromatic heterocycles. The van der Waals surface area contributed by atoms with Gasteiger partial charge in [0.25, 0.3) is 0 Å². The van der Waals surface area contributed by atoms with Crippen molar-refractivity contribution >= 4 is 22.5 Å². The number of benzene rings is 1. The zero-order chi connectivity index (χ0) is 10.8. The highest BCUT2D eigenvalue weighted by molar-refractivity contribution is 7.92. The fourth-order valence-corrected chi connectivity index (χ4v) is 2.97. The Morgan fingerprint density at radius 1 is 1.21 bits per heavy atom. The molecular weight excluding hydrogens is 216 g/mol. The molecule has 1 aromatic rings. The predicted octanol–water partition coefficient (Wildman–Crippen LogP) is 2.01. The van der Waals surface area contributed by atoms with E-state index in [9.17, 15) is 8.42 Å². The molecule has 0 aliphatic heterocycles. The monoisotopic (exact) mass is 230 g/mol. The van der Waals surface area contributed by atoms with E-state index in [1.165, 1.54) is 0 Å². The minimum atomic E-state index is -3.13. The average Bonchev–Trinajstić information content (AvgIpc) is 2.09. The van der Waals surface area contributed by atoms with Gasteiger partial charge in [-0.15, -0.1) is 0 Å². The van der Waals surface area contributed by atoms with Crippen LogP contribution in [0.15, 0.2) is 23.1 Å². The van der Waals surface area contributed by atoms with Gasteiger partial charge in [0.15, 0.2) is 9.84 Å². The molecule has 0 aliphatic rings. The highest BCUT2D eigenvalue weighted by Gasteiger charge is 2.13. The van der Waals surface area contributed by atoms with Gasteiger partial charge in [0.2, 0.25) is 0 Å². The van der Waals surface area contributed by atoms with E-state index in [1.54, 1.807) is 12.1 Å². The van der Waals surface area contributed by atoms with Crippen LogP contribution < -0.4 is 0 Å². The first-order chi connectivity index (χ1) is 6.47. The van der Waals surface area contributed by atoms with E-state index >= 15 is 0 Å². The van der Waals surface area contributed by atoms with Crippen LogP contribution in [0.25, 0.3) is 0 Å². The first kappa shape index (κ1) is 11.6. The lowest BCUT2D eigenvalue weighted by molar-refractivity contribution is 0.597. The van der Waals surface area contributed by atoms with Gasteiger partial charge in [0.05, 0.1) is 10.6 Å². The lowest BCUT2D eigenvalue weighted by atomic mass is 10.1. The zero-order valence-electron chi connectivity index (χ0n) is 8.32. The van der Waals surface area contributed by atoms with Gasteiger partial charge in [-0.05, 0) is 37.1 Å². The van der Waals surface area contributed by atoms with Crippen LogP contribution in [0.2, 0.25) is 0 Å². The minimum Gasteiger partial charge on any atom is -0.224 e. The maximum atomic E-state index is 11.6. The summed E-state index contributed by atoms with van der Waals surface area (Å²) in [4.78, 5) is 0.398. The number of sulfone groups is 1. The van der Waals surface area contributed by atoms with Crippen LogP contribution >= 0.6 is 12.6 Å². The van der Waals surface area contributed by atoms with Crippen molar-refractivity contribution < 1.29 is 8.42 Å². The van der Waals surface area contributed by atoms with Gasteiger partial charge < -0.3 is 0 Å². The van der Waals surface area contributed by atoms with E-state index in [2.05, 4.69) is 12.6 Å². The Bertz CT molecular complexity index is 422. The molecule has 14 heavy (non-hydrogen) atoms. The van der Waals surface area contributed by atoms with Gasteiger partial charge in [-0.1, -0.05) is 6.07 Å². The summed E-state index contributed by atoms with van der Waals surface area (Å²) in [5, 5.41) is 0. The summed E-state index contributed by atoms with van der Waals surface area (Å²) < 4.78 is 23.3. The highest BCUT2D eigenvalue weighted by atomic mass is 32.2. The van der Waals surface area contributed by atoms with Crippen molar-refractivity contribution in [2.24, 2.45) is 0 Å². The van der Waals surface area contributed by atoms with Crippen molar-refractivity contribution in [3.8, 4) is 0 Å². The maximum absolute atomic E-state index is 11.6. The van der Waals surface area contributed by atoms with Crippen molar-refractivity contribution in [1.29, 1.82) is 0 Å². The van der Waals surface area contributed by atoms with Crippen molar-refractivity contribution in [2.75, 3.05) is 11.5 Å². The third-order valence-corrected chi connectivity index (χ3v) is 4.44. The fraction of sp³-hybridized carbons (Fsp3) is 0.400. The molecule has 0 heterocycles. The van der Waals surface area contributed by atoms with Gasteiger partial charge in [-0.3, -0.25) is 0 Å². The van der Waals surface area contributed by atoms with E-state index in [4.69, 9.17) is 0 Å². The Kier molecular flexibility index (Phi) is 3.61. The molecule has 0 spiro atoms. The molecule has 2 nitrogen and oxygen atoms in total. The van der Waals surface area contributed by atoms with Crippen molar-refractivity contribution in [3.05, 3.63) is 29.3 Å². The van der Waals surface area contributed by atoms with Crippen LogP contribution in [-0.4, -0.2) is 19.9 Å². The molecule has 78 valence electrons. The van der Waals surface area contributed by atoms with Gasteiger partial charge in [0.1, 0.15) is 0 Å². The summed E-state index contributed by atoms with van der Waals surface area (Å²) >= 11 is 3.93. The standard InChI is InChI=1S/C10H14O2S2/c1-8-3-4-10(7-9(8)2)14(11,12)6-5-13/h3-4,7,13H,5-6H2,1-2H3. The summed E-state index contributed by atoms with van der Waals surface area (Å²) in [7, 11) is -3.13. The quantitative estimate of drug-likeness (QED) is 0.806. The molecular formula is C10H14O2S2. The van der Waals surface area contributed by atoms with Crippen LogP contribution in [0.1, 0.15) is 11.1 Å². The SMILES string of the molecule is Cc1ccc(S(=O)(=O)CCS)cc1C. The first-order valence-electron chi connectivity index (χ1n) is 4.38. The van der Waals surface area contributed by atoms with Crippen LogP contribution in [0.3, 0.4) is 0 Å². The number of thiol groups is 1. The van der Waals surface area contributed by atoms with E-state index in [0.717, 1.165) is 11.1 Å². The Balaban J connectivity index is 3.15. The van der Waals surface area contributed by atoms with E-state index < -0.39 is 9.84 Å². The molecule has 0 N–H and O–H groups in total. The molecule has 1 rings (SSSR count). The minimum absolute atomic E-state index is 0.0958. The van der Waals surface area contributed by atoms with Gasteiger partial charge in [0, 0.05) is 5.75 Å². The zero-order valence-corrected chi connectivity index (χ0v) is 10.0. The Labute approximate surface area is 90.7 Å². The molecule has 4 heteroatoms. The summed E-state index contributed by atoms with van der Waals surface area (Å²) in [6.45, 7) is 3.87. The topological polar surface area (TPSA) is 34.1 Å². The van der Waals surface area contributed by atoms with Crippen molar-refractivity contribution in [3.63, 3.8) is 0 Å². The third kappa shape index (κ3) is 2.51. The van der Waals surface area contributed by atoms with Crippen LogP contribution in [0.4, 0.5) is 0 Å². The second-order valence-electron chi connectivity index (χ2n) is 3.29. The van der Waals surface area contributed by atoms with Gasteiger partial charge in [-0.25, -0.2) is 8.42 Å². The number of aryl methyl sites for hydroxylation is 2. The number of rotatable bonds is 3. The maximum Gasteiger partial charge on any atom is 0.179 e. The predicted molar refractivity (Wildman–Crippen MR) is 61.8 cm³/mol.